The molecule has 0 fully saturated rings. The highest BCUT2D eigenvalue weighted by Gasteiger charge is 2.20. The molecule has 0 bridgehead atoms. The Hall–Kier alpha value is -2.05. The topological polar surface area (TPSA) is 72.5 Å². The minimum absolute atomic E-state index is 0.00235. The van der Waals surface area contributed by atoms with Crippen LogP contribution in [-0.2, 0) is 21.2 Å². The number of rotatable bonds is 5. The Bertz CT molecular complexity index is 878. The van der Waals surface area contributed by atoms with E-state index in [0.717, 1.165) is 11.1 Å². The van der Waals surface area contributed by atoms with Crippen LogP contribution in [0.3, 0.4) is 0 Å². The molecule has 5 nitrogen and oxygen atoms in total. The second-order valence-electron chi connectivity index (χ2n) is 5.20. The molecule has 0 saturated heterocycles. The highest BCUT2D eigenvalue weighted by molar-refractivity contribution is 7.92. The second-order valence-corrected chi connectivity index (χ2v) is 7.29. The van der Waals surface area contributed by atoms with E-state index in [4.69, 9.17) is 11.6 Å². The summed E-state index contributed by atoms with van der Waals surface area (Å²) in [6.07, 6.45) is 0.688. The summed E-state index contributed by atoms with van der Waals surface area (Å²) in [6, 6.07) is 9.50. The van der Waals surface area contributed by atoms with Gasteiger partial charge < -0.3 is 4.74 Å². The van der Waals surface area contributed by atoms with Crippen molar-refractivity contribution >= 4 is 33.3 Å². The van der Waals surface area contributed by atoms with E-state index in [0.29, 0.717) is 12.1 Å². The van der Waals surface area contributed by atoms with E-state index >= 15 is 0 Å². The quantitative estimate of drug-likeness (QED) is 0.816. The van der Waals surface area contributed by atoms with Gasteiger partial charge in [-0.2, -0.15) is 0 Å². The zero-order chi connectivity index (χ0) is 17.9. The van der Waals surface area contributed by atoms with E-state index in [1.54, 1.807) is 0 Å². The molecular formula is C17H18ClNO4S. The van der Waals surface area contributed by atoms with Crippen molar-refractivity contribution in [1.82, 2.24) is 0 Å². The molecule has 7 heteroatoms. The van der Waals surface area contributed by atoms with Gasteiger partial charge in [-0.05, 0) is 42.7 Å². The van der Waals surface area contributed by atoms with Crippen molar-refractivity contribution in [3.8, 4) is 0 Å². The molecule has 2 rings (SSSR count). The Morgan fingerprint density at radius 2 is 1.96 bits per heavy atom. The number of carbonyl (C=O) groups excluding carboxylic acids is 1. The number of sulfonamides is 1. The minimum Gasteiger partial charge on any atom is -0.465 e. The number of hydrogen-bond donors (Lipinski definition) is 1. The number of para-hydroxylation sites is 1. The van der Waals surface area contributed by atoms with Gasteiger partial charge in [-0.15, -0.1) is 0 Å². The van der Waals surface area contributed by atoms with E-state index in [1.807, 2.05) is 32.0 Å². The first-order chi connectivity index (χ1) is 11.3. The van der Waals surface area contributed by atoms with Crippen molar-refractivity contribution in [2.75, 3.05) is 11.8 Å². The third kappa shape index (κ3) is 3.71. The van der Waals surface area contributed by atoms with Gasteiger partial charge in [-0.1, -0.05) is 36.7 Å². The molecule has 0 aliphatic carbocycles. The molecule has 1 N–H and O–H groups in total. The molecule has 24 heavy (non-hydrogen) atoms. The molecule has 128 valence electrons. The third-order valence-corrected chi connectivity index (χ3v) is 5.31. The number of aryl methyl sites for hydroxylation is 2. The van der Waals surface area contributed by atoms with Crippen LogP contribution in [-0.4, -0.2) is 21.5 Å². The summed E-state index contributed by atoms with van der Waals surface area (Å²) in [4.78, 5) is 11.6. The minimum atomic E-state index is -3.87. The molecule has 0 aliphatic heterocycles. The first kappa shape index (κ1) is 18.3. The molecule has 0 atom stereocenters. The Morgan fingerprint density at radius 1 is 1.25 bits per heavy atom. The largest absolute Gasteiger partial charge is 0.465 e. The first-order valence-electron chi connectivity index (χ1n) is 7.29. The number of esters is 1. The number of carbonyl (C=O) groups is 1. The summed E-state index contributed by atoms with van der Waals surface area (Å²) in [7, 11) is -2.66. The summed E-state index contributed by atoms with van der Waals surface area (Å²) < 4.78 is 32.6. The van der Waals surface area contributed by atoms with Crippen molar-refractivity contribution in [2.24, 2.45) is 0 Å². The van der Waals surface area contributed by atoms with Gasteiger partial charge in [0.25, 0.3) is 10.0 Å². The van der Waals surface area contributed by atoms with Gasteiger partial charge in [0.2, 0.25) is 0 Å². The highest BCUT2D eigenvalue weighted by atomic mass is 35.5. The number of ether oxygens (including phenoxy) is 1. The zero-order valence-corrected chi connectivity index (χ0v) is 15.2. The van der Waals surface area contributed by atoms with Gasteiger partial charge in [0.1, 0.15) is 0 Å². The molecule has 0 heterocycles. The number of benzene rings is 2. The van der Waals surface area contributed by atoms with E-state index in [9.17, 15) is 13.2 Å². The van der Waals surface area contributed by atoms with Crippen LogP contribution in [0.5, 0.6) is 0 Å². The van der Waals surface area contributed by atoms with Crippen molar-refractivity contribution < 1.29 is 17.9 Å². The molecule has 0 aromatic heterocycles. The van der Waals surface area contributed by atoms with Crippen LogP contribution < -0.4 is 4.72 Å². The fourth-order valence-electron chi connectivity index (χ4n) is 2.30. The fourth-order valence-corrected chi connectivity index (χ4v) is 3.69. The summed E-state index contributed by atoms with van der Waals surface area (Å²) in [6.45, 7) is 3.78. The lowest BCUT2D eigenvalue weighted by Gasteiger charge is -2.15. The maximum atomic E-state index is 12.7. The Balaban J connectivity index is 2.48. The van der Waals surface area contributed by atoms with E-state index in [1.165, 1.54) is 25.3 Å². The van der Waals surface area contributed by atoms with Gasteiger partial charge in [0.05, 0.1) is 28.3 Å². The molecular weight excluding hydrogens is 350 g/mol. The number of anilines is 1. The maximum Gasteiger partial charge on any atom is 0.339 e. The fraction of sp³-hybridized carbons (Fsp3) is 0.235. The Kier molecular flexibility index (Phi) is 5.51. The van der Waals surface area contributed by atoms with Gasteiger partial charge in [0, 0.05) is 0 Å². The predicted molar refractivity (Wildman–Crippen MR) is 94.2 cm³/mol. The normalized spacial score (nSPS) is 11.2. The third-order valence-electron chi connectivity index (χ3n) is 3.63. The van der Waals surface area contributed by atoms with Crippen molar-refractivity contribution in [3.05, 3.63) is 58.1 Å². The lowest BCUT2D eigenvalue weighted by atomic mass is 10.1. The molecule has 0 radical (unpaired) electrons. The van der Waals surface area contributed by atoms with Crippen LogP contribution in [0.1, 0.15) is 28.4 Å². The monoisotopic (exact) mass is 367 g/mol. The lowest BCUT2D eigenvalue weighted by Crippen LogP contribution is -2.16. The van der Waals surface area contributed by atoms with Crippen molar-refractivity contribution in [1.29, 1.82) is 0 Å². The summed E-state index contributed by atoms with van der Waals surface area (Å²) in [5, 5.41) is 0.130. The SMILES string of the molecule is CCc1cccc(C)c1NS(=O)(=O)c1ccc(Cl)c(C(=O)OC)c1. The average molecular weight is 368 g/mol. The molecule has 0 saturated carbocycles. The number of nitrogens with one attached hydrogen (secondary N) is 1. The summed E-state index contributed by atoms with van der Waals surface area (Å²) in [5.74, 6) is -0.692. The van der Waals surface area contributed by atoms with Crippen molar-refractivity contribution in [3.63, 3.8) is 0 Å². The lowest BCUT2D eigenvalue weighted by molar-refractivity contribution is 0.0600. The van der Waals surface area contributed by atoms with Crippen molar-refractivity contribution in [2.45, 2.75) is 25.2 Å². The van der Waals surface area contributed by atoms with E-state index in [2.05, 4.69) is 9.46 Å². The molecule has 0 amide bonds. The molecule has 2 aromatic rings. The van der Waals surface area contributed by atoms with Crippen LogP contribution in [0.4, 0.5) is 5.69 Å². The number of hydrogen-bond acceptors (Lipinski definition) is 4. The first-order valence-corrected chi connectivity index (χ1v) is 9.15. The highest BCUT2D eigenvalue weighted by Crippen LogP contribution is 2.26. The predicted octanol–water partition coefficient (Wildman–Crippen LogP) is 3.80. The standard InChI is InChI=1S/C17H18ClNO4S/c1-4-12-7-5-6-11(2)16(12)19-24(21,22)13-8-9-15(18)14(10-13)17(20)23-3/h5-10,19H,4H2,1-3H3. The molecule has 0 unspecified atom stereocenters. The number of halogens is 1. The Morgan fingerprint density at radius 3 is 2.58 bits per heavy atom. The van der Waals surface area contributed by atoms with Gasteiger partial charge in [-0.25, -0.2) is 13.2 Å². The average Bonchev–Trinajstić information content (AvgIpc) is 2.56. The Labute approximate surface area is 146 Å². The van der Waals surface area contributed by atoms with Gasteiger partial charge in [0.15, 0.2) is 0 Å². The second kappa shape index (κ2) is 7.23. The van der Waals surface area contributed by atoms with Crippen LogP contribution in [0.2, 0.25) is 5.02 Å². The molecule has 0 aliphatic rings. The van der Waals surface area contributed by atoms with Crippen LogP contribution in [0.15, 0.2) is 41.3 Å². The zero-order valence-electron chi connectivity index (χ0n) is 13.6. The van der Waals surface area contributed by atoms with Gasteiger partial charge >= 0.3 is 5.97 Å². The number of methoxy groups -OCH3 is 1. The molecule has 0 spiro atoms. The van der Waals surface area contributed by atoms with Crippen LogP contribution in [0, 0.1) is 6.92 Å². The smallest absolute Gasteiger partial charge is 0.339 e. The maximum absolute atomic E-state index is 12.7. The van der Waals surface area contributed by atoms with E-state index < -0.39 is 16.0 Å². The summed E-state index contributed by atoms with van der Waals surface area (Å²) in [5.41, 5.74) is 2.26. The van der Waals surface area contributed by atoms with E-state index in [-0.39, 0.29) is 15.5 Å². The van der Waals surface area contributed by atoms with Crippen LogP contribution >= 0.6 is 11.6 Å². The van der Waals surface area contributed by atoms with Gasteiger partial charge in [-0.3, -0.25) is 4.72 Å². The summed E-state index contributed by atoms with van der Waals surface area (Å²) >= 11 is 5.94. The van der Waals surface area contributed by atoms with Crippen LogP contribution in [0.25, 0.3) is 0 Å². The molecule has 2 aromatic carbocycles.